The lowest BCUT2D eigenvalue weighted by Gasteiger charge is -2.30. The maximum Gasteiger partial charge on any atom is 0.416 e. The summed E-state index contributed by atoms with van der Waals surface area (Å²) in [6.45, 7) is 2.32. The minimum atomic E-state index is -4.49. The maximum atomic E-state index is 13.1. The number of benzene rings is 2. The molecule has 1 N–H and O–H groups in total. The standard InChI is InChI=1S/C22H24F3N3O3/c1-31-19-5-3-2-4-17(19)14-28(15-20(29)27-12-10-26-11-13-27)21(30)16-6-8-18(9-7-16)22(23,24)25/h2-9,26H,10-15H2,1H3. The van der Waals surface area contributed by atoms with Gasteiger partial charge in [-0.2, -0.15) is 13.2 Å². The Morgan fingerprint density at radius 2 is 1.71 bits per heavy atom. The Bertz CT molecular complexity index is 910. The van der Waals surface area contributed by atoms with Gasteiger partial charge in [0.2, 0.25) is 5.91 Å². The van der Waals surface area contributed by atoms with E-state index in [1.807, 2.05) is 0 Å². The van der Waals surface area contributed by atoms with Gasteiger partial charge < -0.3 is 19.9 Å². The molecule has 0 atom stereocenters. The molecule has 2 aromatic carbocycles. The molecule has 6 nitrogen and oxygen atoms in total. The predicted octanol–water partition coefficient (Wildman–Crippen LogP) is 2.79. The van der Waals surface area contributed by atoms with Crippen LogP contribution in [0.15, 0.2) is 48.5 Å². The van der Waals surface area contributed by atoms with E-state index in [1.54, 1.807) is 29.2 Å². The zero-order chi connectivity index (χ0) is 22.4. The topological polar surface area (TPSA) is 61.9 Å². The number of hydrogen-bond donors (Lipinski definition) is 1. The fraction of sp³-hybridized carbons (Fsp3) is 0.364. The number of hydrogen-bond acceptors (Lipinski definition) is 4. The van der Waals surface area contributed by atoms with Crippen LogP contribution in [0.4, 0.5) is 13.2 Å². The Morgan fingerprint density at radius 1 is 1.06 bits per heavy atom. The summed E-state index contributed by atoms with van der Waals surface area (Å²) < 4.78 is 43.9. The lowest BCUT2D eigenvalue weighted by Crippen LogP contribution is -2.50. The van der Waals surface area contributed by atoms with E-state index in [1.165, 1.54) is 12.0 Å². The highest BCUT2D eigenvalue weighted by Gasteiger charge is 2.31. The monoisotopic (exact) mass is 435 g/mol. The fourth-order valence-corrected chi connectivity index (χ4v) is 3.40. The molecule has 31 heavy (non-hydrogen) atoms. The summed E-state index contributed by atoms with van der Waals surface area (Å²) in [5, 5.41) is 3.16. The van der Waals surface area contributed by atoms with Crippen molar-refractivity contribution < 1.29 is 27.5 Å². The molecular weight excluding hydrogens is 411 g/mol. The Kier molecular flexibility index (Phi) is 7.17. The van der Waals surface area contributed by atoms with Gasteiger partial charge in [-0.05, 0) is 30.3 Å². The normalized spacial score (nSPS) is 14.3. The van der Waals surface area contributed by atoms with Crippen molar-refractivity contribution in [3.63, 3.8) is 0 Å². The number of halogens is 3. The minimum absolute atomic E-state index is 0.0796. The molecule has 166 valence electrons. The van der Waals surface area contributed by atoms with Gasteiger partial charge in [0.05, 0.1) is 19.2 Å². The zero-order valence-corrected chi connectivity index (χ0v) is 17.1. The summed E-state index contributed by atoms with van der Waals surface area (Å²) in [6.07, 6.45) is -4.49. The largest absolute Gasteiger partial charge is 0.496 e. The van der Waals surface area contributed by atoms with E-state index >= 15 is 0 Å². The van der Waals surface area contributed by atoms with Crippen molar-refractivity contribution in [1.82, 2.24) is 15.1 Å². The van der Waals surface area contributed by atoms with E-state index < -0.39 is 17.6 Å². The van der Waals surface area contributed by atoms with Crippen LogP contribution in [0.5, 0.6) is 5.75 Å². The average molecular weight is 435 g/mol. The number of rotatable bonds is 6. The molecule has 0 radical (unpaired) electrons. The third-order valence-electron chi connectivity index (χ3n) is 5.10. The number of carbonyl (C=O) groups is 2. The van der Waals surface area contributed by atoms with Crippen LogP contribution >= 0.6 is 0 Å². The van der Waals surface area contributed by atoms with Crippen molar-refractivity contribution in [3.05, 3.63) is 65.2 Å². The molecule has 1 heterocycles. The molecule has 9 heteroatoms. The third-order valence-corrected chi connectivity index (χ3v) is 5.10. The van der Waals surface area contributed by atoms with Crippen LogP contribution in [-0.2, 0) is 17.5 Å². The fourth-order valence-electron chi connectivity index (χ4n) is 3.40. The molecule has 3 rings (SSSR count). The number of nitrogens with zero attached hydrogens (tertiary/aromatic N) is 2. The van der Waals surface area contributed by atoms with Crippen molar-refractivity contribution >= 4 is 11.8 Å². The van der Waals surface area contributed by atoms with Crippen molar-refractivity contribution in [2.75, 3.05) is 39.8 Å². The van der Waals surface area contributed by atoms with Crippen LogP contribution < -0.4 is 10.1 Å². The number of para-hydroxylation sites is 1. The molecule has 0 aliphatic carbocycles. The lowest BCUT2D eigenvalue weighted by molar-refractivity contribution is -0.137. The second-order valence-electron chi connectivity index (χ2n) is 7.18. The van der Waals surface area contributed by atoms with E-state index in [0.29, 0.717) is 37.5 Å². The first-order valence-electron chi connectivity index (χ1n) is 9.86. The van der Waals surface area contributed by atoms with Crippen LogP contribution in [-0.4, -0.2) is 61.4 Å². The van der Waals surface area contributed by atoms with E-state index in [-0.39, 0.29) is 24.6 Å². The Morgan fingerprint density at radius 3 is 2.32 bits per heavy atom. The number of alkyl halides is 3. The number of amides is 2. The van der Waals surface area contributed by atoms with Gasteiger partial charge in [0, 0.05) is 37.3 Å². The summed E-state index contributed by atoms with van der Waals surface area (Å²) in [5.41, 5.74) is -0.0633. The van der Waals surface area contributed by atoms with Crippen molar-refractivity contribution in [1.29, 1.82) is 0 Å². The number of carbonyl (C=O) groups excluding carboxylic acids is 2. The second kappa shape index (κ2) is 9.82. The third kappa shape index (κ3) is 5.75. The summed E-state index contributed by atoms with van der Waals surface area (Å²) in [6, 6.07) is 11.1. The molecule has 0 aromatic heterocycles. The van der Waals surface area contributed by atoms with Crippen LogP contribution in [0.2, 0.25) is 0 Å². The molecule has 0 spiro atoms. The smallest absolute Gasteiger partial charge is 0.416 e. The van der Waals surface area contributed by atoms with Crippen molar-refractivity contribution in [2.45, 2.75) is 12.7 Å². The second-order valence-corrected chi connectivity index (χ2v) is 7.18. The highest BCUT2D eigenvalue weighted by Crippen LogP contribution is 2.29. The number of piperazine rings is 1. The van der Waals surface area contributed by atoms with Gasteiger partial charge in [-0.15, -0.1) is 0 Å². The molecule has 1 fully saturated rings. The predicted molar refractivity (Wildman–Crippen MR) is 109 cm³/mol. The van der Waals surface area contributed by atoms with Crippen LogP contribution in [0.1, 0.15) is 21.5 Å². The first kappa shape index (κ1) is 22.6. The van der Waals surface area contributed by atoms with Gasteiger partial charge in [-0.25, -0.2) is 0 Å². The molecule has 2 amide bonds. The summed E-state index contributed by atoms with van der Waals surface area (Å²) in [7, 11) is 1.51. The summed E-state index contributed by atoms with van der Waals surface area (Å²) in [4.78, 5) is 29.0. The Hall–Kier alpha value is -3.07. The summed E-state index contributed by atoms with van der Waals surface area (Å²) >= 11 is 0. The molecule has 1 aliphatic heterocycles. The van der Waals surface area contributed by atoms with E-state index in [2.05, 4.69) is 5.32 Å². The molecule has 0 unspecified atom stereocenters. The van der Waals surface area contributed by atoms with Gasteiger partial charge in [0.15, 0.2) is 0 Å². The van der Waals surface area contributed by atoms with Crippen LogP contribution in [0.3, 0.4) is 0 Å². The van der Waals surface area contributed by atoms with Gasteiger partial charge in [-0.3, -0.25) is 9.59 Å². The molecule has 0 saturated carbocycles. The summed E-state index contributed by atoms with van der Waals surface area (Å²) in [5.74, 6) is -0.179. The van der Waals surface area contributed by atoms with E-state index in [4.69, 9.17) is 4.74 Å². The quantitative estimate of drug-likeness (QED) is 0.758. The lowest BCUT2D eigenvalue weighted by atomic mass is 10.1. The Labute approximate surface area is 178 Å². The first-order valence-corrected chi connectivity index (χ1v) is 9.86. The maximum absolute atomic E-state index is 13.1. The molecule has 2 aromatic rings. The first-order chi connectivity index (χ1) is 14.8. The molecule has 1 aliphatic rings. The highest BCUT2D eigenvalue weighted by molar-refractivity contribution is 5.96. The number of nitrogens with one attached hydrogen (secondary N) is 1. The van der Waals surface area contributed by atoms with Crippen molar-refractivity contribution in [2.24, 2.45) is 0 Å². The van der Waals surface area contributed by atoms with Crippen LogP contribution in [0, 0.1) is 0 Å². The number of ether oxygens (including phenoxy) is 1. The minimum Gasteiger partial charge on any atom is -0.496 e. The van der Waals surface area contributed by atoms with Gasteiger partial charge in [0.25, 0.3) is 5.91 Å². The zero-order valence-electron chi connectivity index (χ0n) is 17.1. The number of methoxy groups -OCH3 is 1. The van der Waals surface area contributed by atoms with Crippen molar-refractivity contribution in [3.8, 4) is 5.75 Å². The Balaban J connectivity index is 1.85. The van der Waals surface area contributed by atoms with E-state index in [0.717, 1.165) is 24.3 Å². The molecular formula is C22H24F3N3O3. The van der Waals surface area contributed by atoms with Gasteiger partial charge in [-0.1, -0.05) is 18.2 Å². The van der Waals surface area contributed by atoms with E-state index in [9.17, 15) is 22.8 Å². The molecule has 0 bridgehead atoms. The highest BCUT2D eigenvalue weighted by atomic mass is 19.4. The van der Waals surface area contributed by atoms with Gasteiger partial charge >= 0.3 is 6.18 Å². The van der Waals surface area contributed by atoms with Crippen LogP contribution in [0.25, 0.3) is 0 Å². The molecule has 1 saturated heterocycles. The average Bonchev–Trinajstić information content (AvgIpc) is 2.78. The van der Waals surface area contributed by atoms with Gasteiger partial charge in [0.1, 0.15) is 12.3 Å². The SMILES string of the molecule is COc1ccccc1CN(CC(=O)N1CCNCC1)C(=O)c1ccc(C(F)(F)F)cc1.